The van der Waals surface area contributed by atoms with Crippen LogP contribution in [0, 0.1) is 6.92 Å². The minimum atomic E-state index is -0.297. The molecule has 1 amide bonds. The van der Waals surface area contributed by atoms with Crippen LogP contribution in [-0.2, 0) is 4.79 Å². The highest BCUT2D eigenvalue weighted by Crippen LogP contribution is 2.32. The van der Waals surface area contributed by atoms with E-state index in [9.17, 15) is 4.79 Å². The lowest BCUT2D eigenvalue weighted by atomic mass is 10.2. The zero-order valence-corrected chi connectivity index (χ0v) is 18.5. The van der Waals surface area contributed by atoms with Gasteiger partial charge in [-0.25, -0.2) is 4.98 Å². The first-order valence-corrected chi connectivity index (χ1v) is 10.7. The molecule has 0 saturated heterocycles. The van der Waals surface area contributed by atoms with Crippen molar-refractivity contribution in [3.63, 3.8) is 0 Å². The number of aromatic nitrogens is 1. The summed E-state index contributed by atoms with van der Waals surface area (Å²) >= 11 is 6.38. The maximum absolute atomic E-state index is 12.5. The number of nitrogens with one attached hydrogen (secondary N) is 1. The number of benzene rings is 3. The molecule has 0 unspecified atom stereocenters. The SMILES string of the molecule is Cc1ccc2oc(-c3cc(NC(=O)C=Cc4ccc(-c5ccccc5)o4)ccc3Cl)nc2c1. The van der Waals surface area contributed by atoms with Gasteiger partial charge < -0.3 is 14.2 Å². The standard InChI is InChI=1S/C27H19ClN2O3/c1-17-7-12-25-23(15-17)30-27(33-25)21-16-19(8-11-22(21)28)29-26(31)14-10-20-9-13-24(32-20)18-5-3-2-4-6-18/h2-16H,1H3,(H,29,31). The summed E-state index contributed by atoms with van der Waals surface area (Å²) in [5.41, 5.74) is 4.68. The Morgan fingerprint density at radius 1 is 0.970 bits per heavy atom. The third-order valence-electron chi connectivity index (χ3n) is 5.09. The zero-order chi connectivity index (χ0) is 22.8. The van der Waals surface area contributed by atoms with Gasteiger partial charge in [0.15, 0.2) is 5.58 Å². The number of carbonyl (C=O) groups excluding carboxylic acids is 1. The van der Waals surface area contributed by atoms with E-state index in [1.54, 1.807) is 24.3 Å². The summed E-state index contributed by atoms with van der Waals surface area (Å²) in [7, 11) is 0. The Morgan fingerprint density at radius 3 is 2.67 bits per heavy atom. The smallest absolute Gasteiger partial charge is 0.248 e. The molecule has 0 bridgehead atoms. The van der Waals surface area contributed by atoms with Crippen LogP contribution in [0.5, 0.6) is 0 Å². The molecule has 5 rings (SSSR count). The van der Waals surface area contributed by atoms with Crippen molar-refractivity contribution in [1.29, 1.82) is 0 Å². The number of halogens is 1. The zero-order valence-electron chi connectivity index (χ0n) is 17.7. The Morgan fingerprint density at radius 2 is 1.82 bits per heavy atom. The number of hydrogen-bond donors (Lipinski definition) is 1. The van der Waals surface area contributed by atoms with Gasteiger partial charge in [0.1, 0.15) is 17.0 Å². The van der Waals surface area contributed by atoms with E-state index in [0.717, 1.165) is 22.4 Å². The van der Waals surface area contributed by atoms with Gasteiger partial charge in [-0.05, 0) is 61.0 Å². The molecule has 162 valence electrons. The number of oxazole rings is 1. The Kier molecular flexibility index (Phi) is 5.55. The van der Waals surface area contributed by atoms with Gasteiger partial charge in [0.2, 0.25) is 11.8 Å². The minimum absolute atomic E-state index is 0.297. The van der Waals surface area contributed by atoms with Crippen molar-refractivity contribution < 1.29 is 13.6 Å². The molecule has 5 aromatic rings. The molecule has 0 spiro atoms. The van der Waals surface area contributed by atoms with E-state index < -0.39 is 0 Å². The number of amides is 1. The second kappa shape index (κ2) is 8.81. The molecule has 5 nitrogen and oxygen atoms in total. The molecule has 0 saturated carbocycles. The fraction of sp³-hybridized carbons (Fsp3) is 0.0370. The summed E-state index contributed by atoms with van der Waals surface area (Å²) in [5.74, 6) is 1.43. The molecule has 6 heteroatoms. The van der Waals surface area contributed by atoms with Crippen LogP contribution in [-0.4, -0.2) is 10.9 Å². The average molecular weight is 455 g/mol. The van der Waals surface area contributed by atoms with Crippen molar-refractivity contribution in [1.82, 2.24) is 4.98 Å². The van der Waals surface area contributed by atoms with Crippen LogP contribution in [0.2, 0.25) is 5.02 Å². The van der Waals surface area contributed by atoms with Gasteiger partial charge in [0.05, 0.1) is 10.6 Å². The van der Waals surface area contributed by atoms with Crippen LogP contribution in [0.1, 0.15) is 11.3 Å². The molecule has 0 radical (unpaired) electrons. The lowest BCUT2D eigenvalue weighted by Crippen LogP contribution is -2.07. The van der Waals surface area contributed by atoms with Gasteiger partial charge in [-0.15, -0.1) is 0 Å². The van der Waals surface area contributed by atoms with Crippen molar-refractivity contribution in [3.8, 4) is 22.8 Å². The Balaban J connectivity index is 1.32. The number of aryl methyl sites for hydroxylation is 1. The summed E-state index contributed by atoms with van der Waals surface area (Å²) in [6, 6.07) is 24.4. The molecule has 2 aromatic heterocycles. The van der Waals surface area contributed by atoms with Crippen LogP contribution in [0.25, 0.3) is 40.0 Å². The van der Waals surface area contributed by atoms with Crippen molar-refractivity contribution in [2.45, 2.75) is 6.92 Å². The lowest BCUT2D eigenvalue weighted by Gasteiger charge is -2.05. The van der Waals surface area contributed by atoms with Crippen LogP contribution in [0.3, 0.4) is 0 Å². The van der Waals surface area contributed by atoms with Crippen molar-refractivity contribution >= 4 is 40.4 Å². The molecule has 0 fully saturated rings. The van der Waals surface area contributed by atoms with E-state index in [0.29, 0.717) is 33.5 Å². The topological polar surface area (TPSA) is 68.3 Å². The first-order valence-electron chi connectivity index (χ1n) is 10.4. The third-order valence-corrected chi connectivity index (χ3v) is 5.42. The molecule has 1 N–H and O–H groups in total. The number of furan rings is 1. The maximum Gasteiger partial charge on any atom is 0.248 e. The van der Waals surface area contributed by atoms with Gasteiger partial charge in [-0.3, -0.25) is 4.79 Å². The van der Waals surface area contributed by atoms with Gasteiger partial charge in [0.25, 0.3) is 0 Å². The van der Waals surface area contributed by atoms with E-state index in [4.69, 9.17) is 20.4 Å². The lowest BCUT2D eigenvalue weighted by molar-refractivity contribution is -0.111. The number of carbonyl (C=O) groups is 1. The van der Waals surface area contributed by atoms with E-state index in [1.807, 2.05) is 67.6 Å². The molecule has 0 aliphatic carbocycles. The van der Waals surface area contributed by atoms with Gasteiger partial charge in [-0.2, -0.15) is 0 Å². The van der Waals surface area contributed by atoms with E-state index in [2.05, 4.69) is 10.3 Å². The van der Waals surface area contributed by atoms with Gasteiger partial charge in [-0.1, -0.05) is 48.0 Å². The summed E-state index contributed by atoms with van der Waals surface area (Å²) in [6.07, 6.45) is 3.05. The number of nitrogens with zero attached hydrogens (tertiary/aromatic N) is 1. The molecule has 2 heterocycles. The fourth-order valence-corrected chi connectivity index (χ4v) is 3.66. The van der Waals surface area contributed by atoms with Crippen molar-refractivity contribution in [2.24, 2.45) is 0 Å². The highest BCUT2D eigenvalue weighted by Gasteiger charge is 2.13. The molecular formula is C27H19ClN2O3. The van der Waals surface area contributed by atoms with Crippen LogP contribution in [0.15, 0.2) is 93.8 Å². The van der Waals surface area contributed by atoms with Gasteiger partial charge >= 0.3 is 0 Å². The Bertz CT molecular complexity index is 1480. The minimum Gasteiger partial charge on any atom is -0.457 e. The second-order valence-corrected chi connectivity index (χ2v) is 7.98. The molecule has 0 atom stereocenters. The summed E-state index contributed by atoms with van der Waals surface area (Å²) in [4.78, 5) is 17.0. The molecule has 0 aliphatic rings. The predicted molar refractivity (Wildman–Crippen MR) is 131 cm³/mol. The van der Waals surface area contributed by atoms with Crippen molar-refractivity contribution in [3.05, 3.63) is 101 Å². The first-order chi connectivity index (χ1) is 16.0. The fourth-order valence-electron chi connectivity index (χ4n) is 3.46. The summed E-state index contributed by atoms with van der Waals surface area (Å²) in [5, 5.41) is 3.32. The highest BCUT2D eigenvalue weighted by molar-refractivity contribution is 6.33. The van der Waals surface area contributed by atoms with Crippen LogP contribution < -0.4 is 5.32 Å². The number of hydrogen-bond acceptors (Lipinski definition) is 4. The summed E-state index contributed by atoms with van der Waals surface area (Å²) in [6.45, 7) is 2.00. The van der Waals surface area contributed by atoms with E-state index in [1.165, 1.54) is 6.08 Å². The number of anilines is 1. The number of rotatable bonds is 5. The largest absolute Gasteiger partial charge is 0.457 e. The monoisotopic (exact) mass is 454 g/mol. The first kappa shape index (κ1) is 20.8. The molecule has 0 aliphatic heterocycles. The molecular weight excluding hydrogens is 436 g/mol. The summed E-state index contributed by atoms with van der Waals surface area (Å²) < 4.78 is 11.7. The van der Waals surface area contributed by atoms with Crippen molar-refractivity contribution in [2.75, 3.05) is 5.32 Å². The second-order valence-electron chi connectivity index (χ2n) is 7.58. The van der Waals surface area contributed by atoms with E-state index >= 15 is 0 Å². The van der Waals surface area contributed by atoms with Crippen LogP contribution >= 0.6 is 11.6 Å². The molecule has 3 aromatic carbocycles. The quantitative estimate of drug-likeness (QED) is 0.281. The predicted octanol–water partition coefficient (Wildman–Crippen LogP) is 7.37. The normalized spacial score (nSPS) is 11.3. The van der Waals surface area contributed by atoms with Gasteiger partial charge in [0, 0.05) is 17.3 Å². The third kappa shape index (κ3) is 4.59. The number of fused-ring (bicyclic) bond motifs is 1. The highest BCUT2D eigenvalue weighted by atomic mass is 35.5. The van der Waals surface area contributed by atoms with E-state index in [-0.39, 0.29) is 5.91 Å². The van der Waals surface area contributed by atoms with Crippen LogP contribution in [0.4, 0.5) is 5.69 Å². The molecule has 33 heavy (non-hydrogen) atoms. The maximum atomic E-state index is 12.5. The Labute approximate surface area is 195 Å². The Hall–Kier alpha value is -4.09. The average Bonchev–Trinajstić information content (AvgIpc) is 3.46.